The number of benzene rings is 1. The van der Waals surface area contributed by atoms with Gasteiger partial charge in [-0.25, -0.2) is 9.37 Å². The number of imidazole rings is 1. The van der Waals surface area contributed by atoms with Crippen molar-refractivity contribution in [3.8, 4) is 0 Å². The van der Waals surface area contributed by atoms with Crippen molar-refractivity contribution >= 4 is 17.3 Å². The molecule has 6 heteroatoms. The van der Waals surface area contributed by atoms with Crippen molar-refractivity contribution < 1.29 is 9.18 Å². The second-order valence-corrected chi connectivity index (χ2v) is 3.55. The topological polar surface area (TPSA) is 72.9 Å². The number of hydrogen-bond acceptors (Lipinski definition) is 3. The maximum Gasteiger partial charge on any atom is 0.291 e. The summed E-state index contributed by atoms with van der Waals surface area (Å²) in [5.41, 5.74) is 6.15. The molecule has 1 amide bonds. The van der Waals surface area contributed by atoms with Gasteiger partial charge in [0.2, 0.25) is 0 Å². The molecule has 0 radical (unpaired) electrons. The molecular weight excluding hydrogens is 223 g/mol. The zero-order valence-electron chi connectivity index (χ0n) is 9.14. The van der Waals surface area contributed by atoms with E-state index in [2.05, 4.69) is 10.3 Å². The van der Waals surface area contributed by atoms with Gasteiger partial charge in [0.25, 0.3) is 5.91 Å². The summed E-state index contributed by atoms with van der Waals surface area (Å²) in [5.74, 6) is -0.669. The molecule has 1 aromatic heterocycles. The highest BCUT2D eigenvalue weighted by molar-refractivity contribution is 6.03. The van der Waals surface area contributed by atoms with Crippen LogP contribution in [0.25, 0.3) is 0 Å². The van der Waals surface area contributed by atoms with Gasteiger partial charge in [-0.15, -0.1) is 0 Å². The van der Waals surface area contributed by atoms with Crippen LogP contribution in [0.5, 0.6) is 0 Å². The summed E-state index contributed by atoms with van der Waals surface area (Å²) in [7, 11) is 1.69. The molecular formula is C11H11FN4O. The summed E-state index contributed by atoms with van der Waals surface area (Å²) in [6.45, 7) is 0. The van der Waals surface area contributed by atoms with E-state index in [1.165, 1.54) is 18.3 Å². The largest absolute Gasteiger partial charge is 0.397 e. The summed E-state index contributed by atoms with van der Waals surface area (Å²) in [4.78, 5) is 15.7. The molecule has 0 fully saturated rings. The molecule has 0 aliphatic rings. The summed E-state index contributed by atoms with van der Waals surface area (Å²) in [6, 6.07) is 3.78. The van der Waals surface area contributed by atoms with Gasteiger partial charge in [0.1, 0.15) is 5.82 Å². The van der Waals surface area contributed by atoms with Crippen LogP contribution < -0.4 is 11.1 Å². The first-order valence-corrected chi connectivity index (χ1v) is 4.91. The van der Waals surface area contributed by atoms with Crippen LogP contribution in [0, 0.1) is 5.82 Å². The molecule has 0 aliphatic carbocycles. The SMILES string of the molecule is Cn1ccnc1C(=O)Nc1cc(F)ccc1N. The molecule has 1 aromatic carbocycles. The van der Waals surface area contributed by atoms with E-state index in [0.717, 1.165) is 6.07 Å². The predicted molar refractivity (Wildman–Crippen MR) is 62.0 cm³/mol. The van der Waals surface area contributed by atoms with Gasteiger partial charge in [-0.1, -0.05) is 0 Å². The highest BCUT2D eigenvalue weighted by atomic mass is 19.1. The highest BCUT2D eigenvalue weighted by Crippen LogP contribution is 2.19. The van der Waals surface area contributed by atoms with Crippen LogP contribution in [0.4, 0.5) is 15.8 Å². The van der Waals surface area contributed by atoms with Gasteiger partial charge in [-0.3, -0.25) is 4.79 Å². The Hall–Kier alpha value is -2.37. The number of nitrogens with two attached hydrogens (primary N) is 1. The number of anilines is 2. The molecule has 2 rings (SSSR count). The average molecular weight is 234 g/mol. The van der Waals surface area contributed by atoms with Crippen molar-refractivity contribution in [2.24, 2.45) is 7.05 Å². The summed E-state index contributed by atoms with van der Waals surface area (Å²) < 4.78 is 14.6. The molecule has 0 bridgehead atoms. The quantitative estimate of drug-likeness (QED) is 0.771. The van der Waals surface area contributed by atoms with Crippen molar-refractivity contribution in [2.75, 3.05) is 11.1 Å². The monoisotopic (exact) mass is 234 g/mol. The number of amides is 1. The van der Waals surface area contributed by atoms with Crippen molar-refractivity contribution in [3.05, 3.63) is 42.2 Å². The maximum atomic E-state index is 13.0. The van der Waals surface area contributed by atoms with Gasteiger partial charge in [0.15, 0.2) is 5.82 Å². The standard InChI is InChI=1S/C11H11FN4O/c1-16-5-4-14-10(16)11(17)15-9-6-7(12)2-3-8(9)13/h2-6H,13H2,1H3,(H,15,17). The third kappa shape index (κ3) is 2.25. The van der Waals surface area contributed by atoms with E-state index in [0.29, 0.717) is 5.69 Å². The number of halogens is 1. The molecule has 0 unspecified atom stereocenters. The fraction of sp³-hybridized carbons (Fsp3) is 0.0909. The zero-order chi connectivity index (χ0) is 12.4. The minimum atomic E-state index is -0.464. The van der Waals surface area contributed by atoms with Crippen LogP contribution >= 0.6 is 0 Å². The number of aryl methyl sites for hydroxylation is 1. The van der Waals surface area contributed by atoms with Crippen LogP contribution in [0.15, 0.2) is 30.6 Å². The van der Waals surface area contributed by atoms with E-state index in [9.17, 15) is 9.18 Å². The normalized spacial score (nSPS) is 10.2. The first-order chi connectivity index (χ1) is 8.08. The lowest BCUT2D eigenvalue weighted by Crippen LogP contribution is -2.17. The van der Waals surface area contributed by atoms with E-state index < -0.39 is 11.7 Å². The Morgan fingerprint density at radius 1 is 1.53 bits per heavy atom. The molecule has 88 valence electrons. The van der Waals surface area contributed by atoms with Gasteiger partial charge in [-0.2, -0.15) is 0 Å². The molecule has 0 saturated carbocycles. The minimum Gasteiger partial charge on any atom is -0.397 e. The van der Waals surface area contributed by atoms with E-state index in [1.54, 1.807) is 17.8 Å². The Bertz CT molecular complexity index is 564. The number of nitrogen functional groups attached to an aromatic ring is 1. The van der Waals surface area contributed by atoms with E-state index in [-0.39, 0.29) is 11.5 Å². The molecule has 0 saturated heterocycles. The van der Waals surface area contributed by atoms with E-state index in [1.807, 2.05) is 0 Å². The Labute approximate surface area is 97.1 Å². The van der Waals surface area contributed by atoms with Crippen molar-refractivity contribution in [2.45, 2.75) is 0 Å². The first kappa shape index (κ1) is 11.1. The Balaban J connectivity index is 2.24. The molecule has 3 N–H and O–H groups in total. The number of nitrogens with zero attached hydrogens (tertiary/aromatic N) is 2. The average Bonchev–Trinajstić information content (AvgIpc) is 2.70. The number of carbonyl (C=O) groups excluding carboxylic acids is 1. The van der Waals surface area contributed by atoms with Crippen LogP contribution in [0.1, 0.15) is 10.6 Å². The smallest absolute Gasteiger partial charge is 0.291 e. The van der Waals surface area contributed by atoms with Gasteiger partial charge in [-0.05, 0) is 18.2 Å². The number of rotatable bonds is 2. The van der Waals surface area contributed by atoms with E-state index >= 15 is 0 Å². The van der Waals surface area contributed by atoms with Gasteiger partial charge >= 0.3 is 0 Å². The molecule has 0 spiro atoms. The third-order valence-electron chi connectivity index (χ3n) is 2.29. The Kier molecular flexibility index (Phi) is 2.78. The molecule has 1 heterocycles. The minimum absolute atomic E-state index is 0.230. The summed E-state index contributed by atoms with van der Waals surface area (Å²) >= 11 is 0. The van der Waals surface area contributed by atoms with Crippen LogP contribution in [0.3, 0.4) is 0 Å². The van der Waals surface area contributed by atoms with Crippen molar-refractivity contribution in [1.82, 2.24) is 9.55 Å². The number of nitrogens with one attached hydrogen (secondary N) is 1. The van der Waals surface area contributed by atoms with Gasteiger partial charge < -0.3 is 15.6 Å². The fourth-order valence-electron chi connectivity index (χ4n) is 1.40. The second-order valence-electron chi connectivity index (χ2n) is 3.55. The summed E-state index contributed by atoms with van der Waals surface area (Å²) in [6.07, 6.45) is 3.15. The Morgan fingerprint density at radius 2 is 2.29 bits per heavy atom. The molecule has 0 atom stereocenters. The fourth-order valence-corrected chi connectivity index (χ4v) is 1.40. The summed E-state index contributed by atoms with van der Waals surface area (Å²) in [5, 5.41) is 2.51. The molecule has 2 aromatic rings. The molecule has 0 aliphatic heterocycles. The van der Waals surface area contributed by atoms with Gasteiger partial charge in [0.05, 0.1) is 11.4 Å². The lowest BCUT2D eigenvalue weighted by atomic mass is 10.2. The highest BCUT2D eigenvalue weighted by Gasteiger charge is 2.12. The van der Waals surface area contributed by atoms with Crippen LogP contribution in [-0.4, -0.2) is 15.5 Å². The maximum absolute atomic E-state index is 13.0. The van der Waals surface area contributed by atoms with Crippen LogP contribution in [0.2, 0.25) is 0 Å². The lowest BCUT2D eigenvalue weighted by Gasteiger charge is -2.07. The third-order valence-corrected chi connectivity index (χ3v) is 2.29. The number of aromatic nitrogens is 2. The van der Waals surface area contributed by atoms with E-state index in [4.69, 9.17) is 5.73 Å². The lowest BCUT2D eigenvalue weighted by molar-refractivity contribution is 0.101. The molecule has 5 nitrogen and oxygen atoms in total. The number of hydrogen-bond donors (Lipinski definition) is 2. The zero-order valence-corrected chi connectivity index (χ0v) is 9.14. The van der Waals surface area contributed by atoms with Crippen molar-refractivity contribution in [3.63, 3.8) is 0 Å². The first-order valence-electron chi connectivity index (χ1n) is 4.91. The van der Waals surface area contributed by atoms with Crippen LogP contribution in [-0.2, 0) is 7.05 Å². The predicted octanol–water partition coefficient (Wildman–Crippen LogP) is 1.39. The molecule has 17 heavy (non-hydrogen) atoms. The Morgan fingerprint density at radius 3 is 2.94 bits per heavy atom. The second kappa shape index (κ2) is 4.25. The van der Waals surface area contributed by atoms with Crippen molar-refractivity contribution in [1.29, 1.82) is 0 Å². The number of carbonyl (C=O) groups is 1. The van der Waals surface area contributed by atoms with Gasteiger partial charge in [0, 0.05) is 19.4 Å².